The molecule has 1 unspecified atom stereocenters. The van der Waals surface area contributed by atoms with Gasteiger partial charge in [0.1, 0.15) is 17.0 Å². The van der Waals surface area contributed by atoms with Crippen molar-refractivity contribution >= 4 is 34.5 Å². The summed E-state index contributed by atoms with van der Waals surface area (Å²) in [5, 5.41) is 10.7. The van der Waals surface area contributed by atoms with Crippen LogP contribution in [0.2, 0.25) is 0 Å². The number of hydrogen-bond donors (Lipinski definition) is 1. The largest absolute Gasteiger partial charge is 0.491 e. The lowest BCUT2D eigenvalue weighted by Gasteiger charge is -2.39. The van der Waals surface area contributed by atoms with E-state index in [4.69, 9.17) is 21.3 Å². The fourth-order valence-electron chi connectivity index (χ4n) is 5.17. The molecule has 1 atom stereocenters. The van der Waals surface area contributed by atoms with Gasteiger partial charge in [0.25, 0.3) is 5.91 Å². The monoisotopic (exact) mass is 501 g/mol. The number of hydrogen-bond acceptors (Lipinski definition) is 4. The number of pyridine rings is 1. The zero-order valence-corrected chi connectivity index (χ0v) is 21.4. The van der Waals surface area contributed by atoms with Crippen LogP contribution in [-0.4, -0.2) is 69.6 Å². The molecule has 0 radical (unpaired) electrons. The van der Waals surface area contributed by atoms with E-state index in [1.54, 1.807) is 6.07 Å². The van der Waals surface area contributed by atoms with Gasteiger partial charge in [0.15, 0.2) is 0 Å². The van der Waals surface area contributed by atoms with E-state index in [-0.39, 0.29) is 23.2 Å². The number of ether oxygens (including phenoxy) is 1. The number of alkyl halides is 1. The van der Waals surface area contributed by atoms with Crippen molar-refractivity contribution in [1.29, 1.82) is 0 Å². The first-order valence-corrected chi connectivity index (χ1v) is 13.2. The Balaban J connectivity index is 1.55. The van der Waals surface area contributed by atoms with Crippen LogP contribution in [0.15, 0.2) is 30.3 Å². The average molecular weight is 502 g/mol. The number of likely N-dealkylation sites (tertiary alicyclic amines) is 1. The smallest absolute Gasteiger partial charge is 0.407 e. The van der Waals surface area contributed by atoms with Crippen LogP contribution in [0.5, 0.6) is 5.75 Å². The number of para-hydroxylation sites is 1. The summed E-state index contributed by atoms with van der Waals surface area (Å²) in [6, 6.07) is 9.36. The predicted octanol–water partition coefficient (Wildman–Crippen LogP) is 5.65. The average Bonchev–Trinajstić information content (AvgIpc) is 2.86. The molecule has 190 valence electrons. The Morgan fingerprint density at radius 2 is 1.94 bits per heavy atom. The molecule has 0 spiro atoms. The summed E-state index contributed by atoms with van der Waals surface area (Å²) in [4.78, 5) is 33.2. The SMILES string of the molecule is CC(C)CN(C(=O)c1ccc2cccc(OCC3CCC(Cl)CC3)c2n1)C1CCCN(C(=O)O)C1. The van der Waals surface area contributed by atoms with Crippen molar-refractivity contribution < 1.29 is 19.4 Å². The number of carbonyl (C=O) groups excluding carboxylic acids is 1. The van der Waals surface area contributed by atoms with Crippen LogP contribution >= 0.6 is 11.6 Å². The molecule has 35 heavy (non-hydrogen) atoms. The zero-order chi connectivity index (χ0) is 24.9. The minimum Gasteiger partial charge on any atom is -0.491 e. The molecule has 2 heterocycles. The number of amides is 2. The summed E-state index contributed by atoms with van der Waals surface area (Å²) < 4.78 is 6.21. The van der Waals surface area contributed by atoms with Gasteiger partial charge in [0, 0.05) is 36.4 Å². The van der Waals surface area contributed by atoms with Gasteiger partial charge in [-0.15, -0.1) is 11.6 Å². The second kappa shape index (κ2) is 11.5. The molecule has 4 rings (SSSR count). The van der Waals surface area contributed by atoms with Crippen molar-refractivity contribution in [1.82, 2.24) is 14.8 Å². The van der Waals surface area contributed by atoms with Crippen molar-refractivity contribution in [2.24, 2.45) is 11.8 Å². The topological polar surface area (TPSA) is 83.0 Å². The number of rotatable bonds is 7. The van der Waals surface area contributed by atoms with Crippen LogP contribution in [0.3, 0.4) is 0 Å². The molecular formula is C27H36ClN3O4. The number of piperidine rings is 1. The number of fused-ring (bicyclic) bond motifs is 1. The summed E-state index contributed by atoms with van der Waals surface area (Å²) in [6.07, 6.45) is 4.77. The van der Waals surface area contributed by atoms with E-state index in [1.807, 2.05) is 29.2 Å². The molecule has 1 aromatic carbocycles. The van der Waals surface area contributed by atoms with Crippen molar-refractivity contribution in [2.75, 3.05) is 26.2 Å². The van der Waals surface area contributed by atoms with Gasteiger partial charge in [-0.3, -0.25) is 4.79 Å². The number of nitrogens with zero attached hydrogens (tertiary/aromatic N) is 3. The van der Waals surface area contributed by atoms with Crippen LogP contribution in [0.25, 0.3) is 10.9 Å². The Hall–Kier alpha value is -2.54. The third-order valence-corrected chi connectivity index (χ3v) is 7.52. The number of carbonyl (C=O) groups is 2. The van der Waals surface area contributed by atoms with E-state index in [1.165, 1.54) is 4.90 Å². The lowest BCUT2D eigenvalue weighted by atomic mass is 9.89. The van der Waals surface area contributed by atoms with Crippen molar-refractivity contribution in [3.63, 3.8) is 0 Å². The first-order valence-electron chi connectivity index (χ1n) is 12.8. The maximum atomic E-state index is 13.7. The molecule has 1 aliphatic carbocycles. The normalized spacial score (nSPS) is 22.9. The van der Waals surface area contributed by atoms with Crippen molar-refractivity contribution in [3.05, 3.63) is 36.0 Å². The van der Waals surface area contributed by atoms with E-state index in [0.717, 1.165) is 43.9 Å². The van der Waals surface area contributed by atoms with Gasteiger partial charge in [-0.05, 0) is 62.5 Å². The van der Waals surface area contributed by atoms with Gasteiger partial charge >= 0.3 is 6.09 Å². The predicted molar refractivity (Wildman–Crippen MR) is 137 cm³/mol. The Kier molecular flexibility index (Phi) is 8.37. The second-order valence-corrected chi connectivity index (χ2v) is 10.9. The van der Waals surface area contributed by atoms with Crippen LogP contribution in [0.1, 0.15) is 62.9 Å². The zero-order valence-electron chi connectivity index (χ0n) is 20.7. The standard InChI is InChI=1S/C27H36ClN3O4/c1-18(2)15-31(22-6-4-14-30(16-22)27(33)34)26(32)23-13-10-20-5-3-7-24(25(20)29-23)35-17-19-8-11-21(28)12-9-19/h3,5,7,10,13,18-19,21-22H,4,6,8-9,11-12,14-17H2,1-2H3,(H,33,34). The highest BCUT2D eigenvalue weighted by atomic mass is 35.5. The van der Waals surface area contributed by atoms with Crippen LogP contribution in [0.4, 0.5) is 4.79 Å². The summed E-state index contributed by atoms with van der Waals surface area (Å²) >= 11 is 6.24. The Bertz CT molecular complexity index is 1040. The fraction of sp³-hybridized carbons (Fsp3) is 0.593. The van der Waals surface area contributed by atoms with E-state index < -0.39 is 6.09 Å². The van der Waals surface area contributed by atoms with E-state index in [0.29, 0.717) is 49.1 Å². The van der Waals surface area contributed by atoms with Gasteiger partial charge < -0.3 is 19.6 Å². The highest BCUT2D eigenvalue weighted by Gasteiger charge is 2.32. The number of aromatic nitrogens is 1. The number of carboxylic acid groups (broad SMARTS) is 1. The highest BCUT2D eigenvalue weighted by molar-refractivity contribution is 6.20. The molecule has 0 bridgehead atoms. The third-order valence-electron chi connectivity index (χ3n) is 7.08. The molecule has 1 aliphatic heterocycles. The first-order chi connectivity index (χ1) is 16.8. The van der Waals surface area contributed by atoms with Crippen molar-refractivity contribution in [3.8, 4) is 5.75 Å². The Labute approximate surface area is 212 Å². The molecule has 1 aromatic heterocycles. The maximum Gasteiger partial charge on any atom is 0.407 e. The summed E-state index contributed by atoms with van der Waals surface area (Å²) in [5.41, 5.74) is 1.05. The Morgan fingerprint density at radius 1 is 1.17 bits per heavy atom. The van der Waals surface area contributed by atoms with Gasteiger partial charge in [-0.2, -0.15) is 0 Å². The quantitative estimate of drug-likeness (QED) is 0.495. The van der Waals surface area contributed by atoms with Crippen LogP contribution in [0, 0.1) is 11.8 Å². The summed E-state index contributed by atoms with van der Waals surface area (Å²) in [7, 11) is 0. The number of benzene rings is 1. The van der Waals surface area contributed by atoms with Gasteiger partial charge in [0.05, 0.1) is 6.61 Å². The van der Waals surface area contributed by atoms with Crippen LogP contribution in [-0.2, 0) is 0 Å². The van der Waals surface area contributed by atoms with E-state index in [2.05, 4.69) is 13.8 Å². The minimum absolute atomic E-state index is 0.157. The van der Waals surface area contributed by atoms with Crippen molar-refractivity contribution in [2.45, 2.75) is 63.8 Å². The van der Waals surface area contributed by atoms with Gasteiger partial charge in [-0.1, -0.05) is 32.0 Å². The molecule has 1 saturated carbocycles. The van der Waals surface area contributed by atoms with E-state index >= 15 is 0 Å². The lowest BCUT2D eigenvalue weighted by Crippen LogP contribution is -2.52. The Morgan fingerprint density at radius 3 is 2.66 bits per heavy atom. The highest BCUT2D eigenvalue weighted by Crippen LogP contribution is 2.30. The van der Waals surface area contributed by atoms with E-state index in [9.17, 15) is 14.7 Å². The van der Waals surface area contributed by atoms with Crippen LogP contribution < -0.4 is 4.74 Å². The number of halogens is 1. The van der Waals surface area contributed by atoms with Gasteiger partial charge in [0.2, 0.25) is 0 Å². The lowest BCUT2D eigenvalue weighted by molar-refractivity contribution is 0.0499. The molecule has 2 fully saturated rings. The summed E-state index contributed by atoms with van der Waals surface area (Å²) in [5.74, 6) is 1.26. The molecule has 1 saturated heterocycles. The fourth-order valence-corrected chi connectivity index (χ4v) is 5.42. The second-order valence-electron chi connectivity index (χ2n) is 10.3. The maximum absolute atomic E-state index is 13.7. The molecule has 2 aliphatic rings. The third kappa shape index (κ3) is 6.37. The minimum atomic E-state index is -0.934. The van der Waals surface area contributed by atoms with Gasteiger partial charge in [-0.25, -0.2) is 9.78 Å². The molecule has 1 N–H and O–H groups in total. The molecular weight excluding hydrogens is 466 g/mol. The molecule has 2 amide bonds. The molecule has 2 aromatic rings. The first kappa shape index (κ1) is 25.5. The summed E-state index contributed by atoms with van der Waals surface area (Å²) in [6.45, 7) is 6.15. The molecule has 7 nitrogen and oxygen atoms in total. The molecule has 8 heteroatoms.